The maximum atomic E-state index is 15.4. The van der Waals surface area contributed by atoms with Gasteiger partial charge in [-0.3, -0.25) is 19.4 Å². The number of nitrogens with zero attached hydrogens (tertiary/aromatic N) is 3. The molecule has 11 atom stereocenters. The van der Waals surface area contributed by atoms with Crippen molar-refractivity contribution < 1.29 is 43.5 Å². The summed E-state index contributed by atoms with van der Waals surface area (Å²) in [5.41, 5.74) is -1.68. The SMILES string of the molecule is CC[C@]1(O)C[C@H]2CN(CCc3c([nH]c4ccccc34)C(C(=O)OC)(c3cc4c(cc3OC)N(C)[C@@H]3C45CCN4CC=C[C@](CC)([C@H]45)[C@@H](OC(=O)[C@@H]4CCCN4)[C@]3(O)C(=O)OC)C2)C1. The number of ether oxygens (including phenoxy) is 4. The van der Waals surface area contributed by atoms with Gasteiger partial charge in [0.15, 0.2) is 6.10 Å². The Labute approximate surface area is 369 Å². The fourth-order valence-corrected chi connectivity index (χ4v) is 14.4. The van der Waals surface area contributed by atoms with Gasteiger partial charge in [-0.25, -0.2) is 4.79 Å². The van der Waals surface area contributed by atoms with E-state index in [1.807, 2.05) is 50.1 Å². The van der Waals surface area contributed by atoms with Crippen LogP contribution in [0.25, 0.3) is 10.9 Å². The highest BCUT2D eigenvalue weighted by molar-refractivity contribution is 5.95. The van der Waals surface area contributed by atoms with E-state index in [2.05, 4.69) is 44.4 Å². The highest BCUT2D eigenvalue weighted by Gasteiger charge is 2.80. The minimum absolute atomic E-state index is 0.103. The Bertz CT molecular complexity index is 2380. The second-order valence-corrected chi connectivity index (χ2v) is 19.7. The van der Waals surface area contributed by atoms with Crippen LogP contribution < -0.4 is 15.0 Å². The predicted molar refractivity (Wildman–Crippen MR) is 236 cm³/mol. The number of hydrogen-bond donors (Lipinski definition) is 4. The van der Waals surface area contributed by atoms with Crippen LogP contribution in [0, 0.1) is 11.3 Å². The van der Waals surface area contributed by atoms with Gasteiger partial charge >= 0.3 is 17.9 Å². The van der Waals surface area contributed by atoms with Gasteiger partial charge in [0.05, 0.1) is 33.0 Å². The molecule has 2 aromatic carbocycles. The van der Waals surface area contributed by atoms with E-state index in [4.69, 9.17) is 18.9 Å². The van der Waals surface area contributed by atoms with Crippen LogP contribution in [0.3, 0.4) is 0 Å². The van der Waals surface area contributed by atoms with Crippen molar-refractivity contribution in [2.75, 3.05) is 72.5 Å². The lowest BCUT2D eigenvalue weighted by molar-refractivity contribution is -0.230. The summed E-state index contributed by atoms with van der Waals surface area (Å²) in [6.07, 6.45) is 7.40. The van der Waals surface area contributed by atoms with Crippen LogP contribution in [0.1, 0.15) is 81.2 Å². The van der Waals surface area contributed by atoms with Gasteiger partial charge in [0.2, 0.25) is 5.60 Å². The summed E-state index contributed by atoms with van der Waals surface area (Å²) in [7, 11) is 6.21. The third kappa shape index (κ3) is 5.69. The number of esters is 3. The average molecular weight is 866 g/mol. The van der Waals surface area contributed by atoms with E-state index in [-0.39, 0.29) is 12.0 Å². The normalized spacial score (nSPS) is 37.8. The van der Waals surface area contributed by atoms with Crippen molar-refractivity contribution >= 4 is 34.5 Å². The summed E-state index contributed by atoms with van der Waals surface area (Å²) in [4.78, 5) is 54.8. The summed E-state index contributed by atoms with van der Waals surface area (Å²) in [6, 6.07) is 10.4. The smallest absolute Gasteiger partial charge is 0.344 e. The Morgan fingerprint density at radius 3 is 2.46 bits per heavy atom. The van der Waals surface area contributed by atoms with Gasteiger partial charge < -0.3 is 44.4 Å². The molecule has 7 heterocycles. The number of nitrogens with one attached hydrogen (secondary N) is 2. The number of fused-ring (bicyclic) bond motifs is 6. The number of carbonyl (C=O) groups excluding carboxylic acids is 3. The van der Waals surface area contributed by atoms with Crippen molar-refractivity contribution in [1.29, 1.82) is 0 Å². The number of aromatic nitrogens is 1. The van der Waals surface area contributed by atoms with Gasteiger partial charge in [-0.1, -0.05) is 44.2 Å². The molecule has 4 fully saturated rings. The number of carbonyl (C=O) groups is 3. The fraction of sp³-hybridized carbons (Fsp3) is 0.612. The number of H-pyrrole nitrogens is 1. The first-order valence-electron chi connectivity index (χ1n) is 23.1. The first-order chi connectivity index (χ1) is 30.3. The number of aromatic amines is 1. The van der Waals surface area contributed by atoms with Gasteiger partial charge in [0, 0.05) is 84.0 Å². The largest absolute Gasteiger partial charge is 0.496 e. The molecule has 14 heteroatoms. The molecule has 6 aliphatic heterocycles. The van der Waals surface area contributed by atoms with Crippen molar-refractivity contribution in [2.45, 2.75) is 111 Å². The van der Waals surface area contributed by atoms with Gasteiger partial charge in [-0.15, -0.1) is 0 Å². The number of piperidine rings is 1. The standard InChI is InChI=1S/C49H63N5O9/c1-7-45(58)25-29-26-48(43(56)61-5,38-31(16-21-53(27-29)28-45)30-13-9-10-14-34(30)51-38)33-23-32-36(24-37(33)60-4)52(3)41-47(32)18-22-54-20-12-17-46(8-2,40(47)54)42(49(41,59)44(57)62-6)63-39(55)35-15-11-19-50-35/h9-10,12-14,17,23-24,29,35,40-42,50-51,58-59H,7-8,11,15-16,18-22,25-28H2,1-6H3/t29-,35+,40+,41-,42-,45+,46-,47?,48?,49+/m1/s1. The van der Waals surface area contributed by atoms with Crippen molar-refractivity contribution in [3.05, 3.63) is 70.9 Å². The van der Waals surface area contributed by atoms with Gasteiger partial charge in [0.1, 0.15) is 17.2 Å². The molecule has 3 saturated heterocycles. The maximum Gasteiger partial charge on any atom is 0.344 e. The van der Waals surface area contributed by atoms with Crippen LogP contribution in [0.4, 0.5) is 5.69 Å². The zero-order valence-electron chi connectivity index (χ0n) is 37.5. The summed E-state index contributed by atoms with van der Waals surface area (Å²) in [5, 5.41) is 30.0. The number of benzene rings is 2. The molecule has 1 spiro atoms. The highest BCUT2D eigenvalue weighted by Crippen LogP contribution is 2.68. The van der Waals surface area contributed by atoms with Gasteiger partial charge in [-0.05, 0) is 93.6 Å². The summed E-state index contributed by atoms with van der Waals surface area (Å²) < 4.78 is 24.6. The van der Waals surface area contributed by atoms with E-state index in [0.717, 1.165) is 39.8 Å². The molecule has 3 unspecified atom stereocenters. The topological polar surface area (TPSA) is 166 Å². The fourth-order valence-electron chi connectivity index (χ4n) is 14.4. The quantitative estimate of drug-likeness (QED) is 0.147. The molecule has 14 nitrogen and oxygen atoms in total. The lowest BCUT2D eigenvalue weighted by Gasteiger charge is -2.63. The zero-order chi connectivity index (χ0) is 44.3. The van der Waals surface area contributed by atoms with Crippen molar-refractivity contribution in [1.82, 2.24) is 20.1 Å². The third-order valence-electron chi connectivity index (χ3n) is 16.9. The van der Waals surface area contributed by atoms with Crippen LogP contribution in [-0.2, 0) is 45.8 Å². The maximum absolute atomic E-state index is 15.4. The number of anilines is 1. The van der Waals surface area contributed by atoms with E-state index < -0.39 is 63.5 Å². The molecule has 1 aliphatic carbocycles. The first-order valence-corrected chi connectivity index (χ1v) is 23.1. The lowest BCUT2D eigenvalue weighted by Crippen LogP contribution is -2.81. The number of aliphatic hydroxyl groups is 2. The predicted octanol–water partition coefficient (Wildman–Crippen LogP) is 3.72. The molecular formula is C49H63N5O9. The molecule has 1 aromatic heterocycles. The van der Waals surface area contributed by atoms with Gasteiger partial charge in [0.25, 0.3) is 0 Å². The molecule has 2 bridgehead atoms. The first kappa shape index (κ1) is 42.5. The van der Waals surface area contributed by atoms with E-state index in [0.29, 0.717) is 95.5 Å². The molecule has 0 amide bonds. The Balaban J connectivity index is 1.25. The Morgan fingerprint density at radius 2 is 1.75 bits per heavy atom. The Hall–Kier alpha value is -4.47. The number of rotatable bonds is 8. The van der Waals surface area contributed by atoms with E-state index in [9.17, 15) is 19.8 Å². The molecule has 1 saturated carbocycles. The van der Waals surface area contributed by atoms with Crippen molar-refractivity contribution in [3.63, 3.8) is 0 Å². The molecule has 3 aromatic rings. The molecule has 4 N–H and O–H groups in total. The van der Waals surface area contributed by atoms with Crippen LogP contribution in [0.5, 0.6) is 5.75 Å². The minimum atomic E-state index is -2.33. The second-order valence-electron chi connectivity index (χ2n) is 19.7. The molecule has 10 rings (SSSR count). The summed E-state index contributed by atoms with van der Waals surface area (Å²) >= 11 is 0. The van der Waals surface area contributed by atoms with Crippen LogP contribution in [0.2, 0.25) is 0 Å². The van der Waals surface area contributed by atoms with Crippen LogP contribution >= 0.6 is 0 Å². The van der Waals surface area contributed by atoms with Crippen molar-refractivity contribution in [3.8, 4) is 5.75 Å². The summed E-state index contributed by atoms with van der Waals surface area (Å²) in [6.45, 7) is 8.02. The zero-order valence-corrected chi connectivity index (χ0v) is 37.5. The van der Waals surface area contributed by atoms with Crippen molar-refractivity contribution in [2.24, 2.45) is 11.3 Å². The molecule has 0 radical (unpaired) electrons. The number of likely N-dealkylation sites (N-methyl/N-ethyl adjacent to an activating group) is 1. The monoisotopic (exact) mass is 865 g/mol. The summed E-state index contributed by atoms with van der Waals surface area (Å²) in [5.74, 6) is -1.44. The van der Waals surface area contributed by atoms with Crippen LogP contribution in [-0.4, -0.2) is 146 Å². The molecule has 7 aliphatic rings. The number of hydrogen-bond acceptors (Lipinski definition) is 13. The minimum Gasteiger partial charge on any atom is -0.496 e. The Morgan fingerprint density at radius 1 is 0.952 bits per heavy atom. The highest BCUT2D eigenvalue weighted by atomic mass is 16.6. The van der Waals surface area contributed by atoms with E-state index >= 15 is 4.79 Å². The van der Waals surface area contributed by atoms with E-state index in [1.165, 1.54) is 14.2 Å². The Kier molecular flexibility index (Phi) is 10.1. The average Bonchev–Trinajstić information content (AvgIpc) is 4.11. The van der Waals surface area contributed by atoms with Crippen LogP contribution in [0.15, 0.2) is 48.6 Å². The molecule has 63 heavy (non-hydrogen) atoms. The van der Waals surface area contributed by atoms with E-state index in [1.54, 1.807) is 7.11 Å². The van der Waals surface area contributed by atoms with Gasteiger partial charge in [-0.2, -0.15) is 0 Å². The third-order valence-corrected chi connectivity index (χ3v) is 16.9. The molecular weight excluding hydrogens is 803 g/mol. The number of methoxy groups -OCH3 is 3. The second kappa shape index (κ2) is 15.0. The molecule has 338 valence electrons. The lowest BCUT2D eigenvalue weighted by atomic mass is 9.47. The number of para-hydroxylation sites is 1.